The monoisotopic (exact) mass is 268 g/mol. The van der Waals surface area contributed by atoms with Crippen molar-refractivity contribution in [1.29, 1.82) is 0 Å². The van der Waals surface area contributed by atoms with Gasteiger partial charge in [-0.2, -0.15) is 0 Å². The number of fused-ring (bicyclic) bond motifs is 3. The molecule has 0 saturated heterocycles. The van der Waals surface area contributed by atoms with Crippen LogP contribution in [0.2, 0.25) is 0 Å². The topological polar surface area (TPSA) is 51.2 Å². The van der Waals surface area contributed by atoms with Crippen LogP contribution in [0.15, 0.2) is 42.5 Å². The lowest BCUT2D eigenvalue weighted by Gasteiger charge is -2.12. The molecule has 0 bridgehead atoms. The standard InChI is InChI=1S/C17H20N2O/c1-11(2)19-16-6-4-3-5-13(16)14-9-12(15(18)10-20)7-8-17(14)19/h3-9,11,15,20H,10,18H2,1-2H3. The number of aliphatic hydroxyl groups is 1. The minimum Gasteiger partial charge on any atom is -0.394 e. The maximum atomic E-state index is 9.24. The van der Waals surface area contributed by atoms with Crippen LogP contribution in [0, 0.1) is 0 Å². The number of aromatic nitrogens is 1. The highest BCUT2D eigenvalue weighted by molar-refractivity contribution is 6.08. The van der Waals surface area contributed by atoms with Gasteiger partial charge in [0.25, 0.3) is 0 Å². The molecule has 0 amide bonds. The maximum Gasteiger partial charge on any atom is 0.0624 e. The van der Waals surface area contributed by atoms with E-state index in [2.05, 4.69) is 54.8 Å². The zero-order chi connectivity index (χ0) is 14.3. The molecule has 3 rings (SSSR count). The lowest BCUT2D eigenvalue weighted by atomic mass is 10.0. The van der Waals surface area contributed by atoms with Crippen LogP contribution in [0.5, 0.6) is 0 Å². The van der Waals surface area contributed by atoms with Crippen LogP contribution in [-0.2, 0) is 0 Å². The molecule has 20 heavy (non-hydrogen) atoms. The zero-order valence-corrected chi connectivity index (χ0v) is 11.9. The largest absolute Gasteiger partial charge is 0.394 e. The van der Waals surface area contributed by atoms with Gasteiger partial charge in [-0.3, -0.25) is 0 Å². The number of para-hydroxylation sites is 1. The molecule has 3 nitrogen and oxygen atoms in total. The molecule has 0 saturated carbocycles. The molecular weight excluding hydrogens is 248 g/mol. The highest BCUT2D eigenvalue weighted by Crippen LogP contribution is 2.33. The summed E-state index contributed by atoms with van der Waals surface area (Å²) in [6.45, 7) is 4.35. The normalized spacial score (nSPS) is 13.4. The zero-order valence-electron chi connectivity index (χ0n) is 11.9. The summed E-state index contributed by atoms with van der Waals surface area (Å²) < 4.78 is 2.35. The van der Waals surface area contributed by atoms with Gasteiger partial charge >= 0.3 is 0 Å². The van der Waals surface area contributed by atoms with Crippen molar-refractivity contribution in [3.8, 4) is 0 Å². The van der Waals surface area contributed by atoms with Gasteiger partial charge in [0.2, 0.25) is 0 Å². The van der Waals surface area contributed by atoms with Gasteiger partial charge in [-0.25, -0.2) is 0 Å². The molecule has 0 fully saturated rings. The predicted molar refractivity (Wildman–Crippen MR) is 83.8 cm³/mol. The van der Waals surface area contributed by atoms with Crippen LogP contribution in [0.3, 0.4) is 0 Å². The Balaban J connectivity index is 2.38. The van der Waals surface area contributed by atoms with Crippen LogP contribution in [0.25, 0.3) is 21.8 Å². The van der Waals surface area contributed by atoms with E-state index in [1.165, 1.54) is 21.8 Å². The Hall–Kier alpha value is -1.84. The highest BCUT2D eigenvalue weighted by atomic mass is 16.3. The van der Waals surface area contributed by atoms with E-state index in [4.69, 9.17) is 5.73 Å². The number of benzene rings is 2. The Morgan fingerprint density at radius 1 is 1.05 bits per heavy atom. The lowest BCUT2D eigenvalue weighted by molar-refractivity contribution is 0.268. The second-order valence-electron chi connectivity index (χ2n) is 5.55. The van der Waals surface area contributed by atoms with Gasteiger partial charge in [0, 0.05) is 27.8 Å². The van der Waals surface area contributed by atoms with E-state index in [0.29, 0.717) is 6.04 Å². The Morgan fingerprint density at radius 2 is 1.75 bits per heavy atom. The van der Waals surface area contributed by atoms with E-state index in [-0.39, 0.29) is 12.6 Å². The molecule has 0 aliphatic heterocycles. The smallest absolute Gasteiger partial charge is 0.0624 e. The first-order valence-corrected chi connectivity index (χ1v) is 7.02. The van der Waals surface area contributed by atoms with Crippen molar-refractivity contribution in [2.75, 3.05) is 6.61 Å². The molecule has 1 aromatic heterocycles. The van der Waals surface area contributed by atoms with Gasteiger partial charge in [0.1, 0.15) is 0 Å². The first-order valence-electron chi connectivity index (χ1n) is 7.02. The number of rotatable bonds is 3. The van der Waals surface area contributed by atoms with Crippen molar-refractivity contribution in [3.05, 3.63) is 48.0 Å². The van der Waals surface area contributed by atoms with Gasteiger partial charge in [-0.05, 0) is 37.6 Å². The molecule has 0 radical (unpaired) electrons. The van der Waals surface area contributed by atoms with Crippen molar-refractivity contribution in [1.82, 2.24) is 4.57 Å². The number of nitrogens with two attached hydrogens (primary N) is 1. The van der Waals surface area contributed by atoms with Gasteiger partial charge in [-0.1, -0.05) is 24.3 Å². The number of hydrogen-bond donors (Lipinski definition) is 2. The van der Waals surface area contributed by atoms with E-state index in [1.54, 1.807) is 0 Å². The Morgan fingerprint density at radius 3 is 2.45 bits per heavy atom. The quantitative estimate of drug-likeness (QED) is 0.765. The van der Waals surface area contributed by atoms with Crippen molar-refractivity contribution in [2.24, 2.45) is 5.73 Å². The second-order valence-corrected chi connectivity index (χ2v) is 5.55. The molecule has 3 aromatic rings. The van der Waals surface area contributed by atoms with Gasteiger partial charge in [-0.15, -0.1) is 0 Å². The third-order valence-corrected chi connectivity index (χ3v) is 3.88. The van der Waals surface area contributed by atoms with E-state index in [9.17, 15) is 5.11 Å². The van der Waals surface area contributed by atoms with Gasteiger partial charge in [0.15, 0.2) is 0 Å². The lowest BCUT2D eigenvalue weighted by Crippen LogP contribution is -2.14. The Labute approximate surface area is 118 Å². The summed E-state index contributed by atoms with van der Waals surface area (Å²) in [4.78, 5) is 0. The Bertz CT molecular complexity index is 758. The molecule has 1 atom stereocenters. The summed E-state index contributed by atoms with van der Waals surface area (Å²) in [6.07, 6.45) is 0. The first kappa shape index (κ1) is 13.2. The molecule has 0 spiro atoms. The third kappa shape index (κ3) is 1.90. The first-order chi connectivity index (χ1) is 9.63. The van der Waals surface area contributed by atoms with E-state index < -0.39 is 0 Å². The average Bonchev–Trinajstić information content (AvgIpc) is 2.80. The molecule has 2 aromatic carbocycles. The van der Waals surface area contributed by atoms with E-state index in [0.717, 1.165) is 5.56 Å². The van der Waals surface area contributed by atoms with E-state index >= 15 is 0 Å². The van der Waals surface area contributed by atoms with Gasteiger partial charge in [0.05, 0.1) is 12.6 Å². The number of aliphatic hydroxyl groups excluding tert-OH is 1. The molecule has 3 N–H and O–H groups in total. The average molecular weight is 268 g/mol. The number of hydrogen-bond acceptors (Lipinski definition) is 2. The van der Waals surface area contributed by atoms with Crippen LogP contribution in [0.1, 0.15) is 31.5 Å². The molecule has 0 aliphatic carbocycles. The fraction of sp³-hybridized carbons (Fsp3) is 0.294. The summed E-state index contributed by atoms with van der Waals surface area (Å²) in [7, 11) is 0. The van der Waals surface area contributed by atoms with Crippen molar-refractivity contribution in [2.45, 2.75) is 25.9 Å². The summed E-state index contributed by atoms with van der Waals surface area (Å²) in [5, 5.41) is 11.7. The fourth-order valence-electron chi connectivity index (χ4n) is 2.91. The van der Waals surface area contributed by atoms with Gasteiger partial charge < -0.3 is 15.4 Å². The molecular formula is C17H20N2O. The summed E-state index contributed by atoms with van der Waals surface area (Å²) in [5.74, 6) is 0. The van der Waals surface area contributed by atoms with Crippen molar-refractivity contribution >= 4 is 21.8 Å². The molecule has 3 heteroatoms. The van der Waals surface area contributed by atoms with Crippen molar-refractivity contribution < 1.29 is 5.11 Å². The van der Waals surface area contributed by atoms with Crippen LogP contribution in [0.4, 0.5) is 0 Å². The van der Waals surface area contributed by atoms with Crippen LogP contribution in [-0.4, -0.2) is 16.3 Å². The van der Waals surface area contributed by atoms with Crippen molar-refractivity contribution in [3.63, 3.8) is 0 Å². The van der Waals surface area contributed by atoms with Crippen LogP contribution >= 0.6 is 0 Å². The second kappa shape index (κ2) is 4.93. The molecule has 1 heterocycles. The molecule has 104 valence electrons. The molecule has 0 aliphatic rings. The number of nitrogens with zero attached hydrogens (tertiary/aromatic N) is 1. The Kier molecular flexibility index (Phi) is 3.24. The minimum absolute atomic E-state index is 0.0334. The SMILES string of the molecule is CC(C)n1c2ccccc2c2cc(C(N)CO)ccc21. The molecule has 1 unspecified atom stereocenters. The summed E-state index contributed by atoms with van der Waals surface area (Å²) in [5.41, 5.74) is 9.38. The summed E-state index contributed by atoms with van der Waals surface area (Å²) in [6, 6.07) is 14.7. The maximum absolute atomic E-state index is 9.24. The highest BCUT2D eigenvalue weighted by Gasteiger charge is 2.14. The summed E-state index contributed by atoms with van der Waals surface area (Å²) >= 11 is 0. The minimum atomic E-state index is -0.319. The predicted octanol–water partition coefficient (Wildman–Crippen LogP) is 3.37. The fourth-order valence-corrected chi connectivity index (χ4v) is 2.91. The van der Waals surface area contributed by atoms with Crippen LogP contribution < -0.4 is 5.73 Å². The van der Waals surface area contributed by atoms with E-state index in [1.807, 2.05) is 6.07 Å². The third-order valence-electron chi connectivity index (χ3n) is 3.88.